The van der Waals surface area contributed by atoms with E-state index < -0.39 is 23.7 Å². The number of aliphatic hydroxyl groups is 1. The van der Waals surface area contributed by atoms with Crippen molar-refractivity contribution < 1.29 is 29.0 Å². The van der Waals surface area contributed by atoms with Crippen molar-refractivity contribution in [2.24, 2.45) is 0 Å². The zero-order chi connectivity index (χ0) is 27.1. The second-order valence-corrected chi connectivity index (χ2v) is 8.97. The first-order valence-corrected chi connectivity index (χ1v) is 12.8. The summed E-state index contributed by atoms with van der Waals surface area (Å²) in [5.41, 5.74) is 1.20. The van der Waals surface area contributed by atoms with E-state index in [2.05, 4.69) is 18.7 Å². The Labute approximate surface area is 222 Å². The predicted molar refractivity (Wildman–Crippen MR) is 142 cm³/mol. The van der Waals surface area contributed by atoms with Crippen molar-refractivity contribution in [3.05, 3.63) is 69.8 Å². The number of halogens is 1. The standard InChI is InChI=1S/C28H33ClN2O6/c1-5-30(6-2)15-8-16-31-24(18-9-11-19(12-10-18)28(35)36-4)23(26(33)27(31)34)25(32)20-13-14-22(37-7-3)21(29)17-20/h9-14,17,24,32H,5-8,15-16H2,1-4H3/b25-23-. The number of aliphatic hydroxyl groups excluding tert-OH is 1. The number of likely N-dealkylation sites (tertiary alicyclic amines) is 1. The van der Waals surface area contributed by atoms with Crippen molar-refractivity contribution in [1.29, 1.82) is 0 Å². The van der Waals surface area contributed by atoms with E-state index in [9.17, 15) is 19.5 Å². The molecule has 1 amide bonds. The molecule has 2 aromatic carbocycles. The number of hydrogen-bond donors (Lipinski definition) is 1. The van der Waals surface area contributed by atoms with Crippen LogP contribution in [0.1, 0.15) is 54.7 Å². The van der Waals surface area contributed by atoms with E-state index in [1.807, 2.05) is 6.92 Å². The molecule has 1 saturated heterocycles. The van der Waals surface area contributed by atoms with Crippen molar-refractivity contribution in [3.63, 3.8) is 0 Å². The molecule has 9 heteroatoms. The summed E-state index contributed by atoms with van der Waals surface area (Å²) in [5, 5.41) is 11.5. The van der Waals surface area contributed by atoms with Crippen molar-refractivity contribution >= 4 is 35.0 Å². The number of esters is 1. The molecule has 0 aliphatic carbocycles. The van der Waals surface area contributed by atoms with Crippen LogP contribution in [0.3, 0.4) is 0 Å². The van der Waals surface area contributed by atoms with Gasteiger partial charge in [0.15, 0.2) is 0 Å². The van der Waals surface area contributed by atoms with Gasteiger partial charge in [0.25, 0.3) is 11.7 Å². The molecule has 8 nitrogen and oxygen atoms in total. The van der Waals surface area contributed by atoms with Crippen LogP contribution in [-0.2, 0) is 14.3 Å². The third-order valence-electron chi connectivity index (χ3n) is 6.46. The van der Waals surface area contributed by atoms with Crippen LogP contribution in [0, 0.1) is 0 Å². The number of ketones is 1. The van der Waals surface area contributed by atoms with Crippen molar-refractivity contribution in [2.75, 3.05) is 39.9 Å². The van der Waals surface area contributed by atoms with Gasteiger partial charge in [-0.2, -0.15) is 0 Å². The molecule has 0 spiro atoms. The molecule has 0 bridgehead atoms. The lowest BCUT2D eigenvalue weighted by molar-refractivity contribution is -0.140. The molecule has 1 heterocycles. The first-order chi connectivity index (χ1) is 17.8. The highest BCUT2D eigenvalue weighted by Crippen LogP contribution is 2.40. The van der Waals surface area contributed by atoms with Crippen molar-refractivity contribution in [1.82, 2.24) is 9.80 Å². The molecule has 37 heavy (non-hydrogen) atoms. The van der Waals surface area contributed by atoms with E-state index >= 15 is 0 Å². The zero-order valence-electron chi connectivity index (χ0n) is 21.6. The predicted octanol–water partition coefficient (Wildman–Crippen LogP) is 4.68. The van der Waals surface area contributed by atoms with E-state index in [0.29, 0.717) is 42.0 Å². The molecule has 198 valence electrons. The number of nitrogens with zero attached hydrogens (tertiary/aromatic N) is 2. The Morgan fingerprint density at radius 1 is 1.05 bits per heavy atom. The van der Waals surface area contributed by atoms with Gasteiger partial charge in [-0.05, 0) is 68.9 Å². The fraction of sp³-hybridized carbons (Fsp3) is 0.393. The zero-order valence-corrected chi connectivity index (χ0v) is 22.4. The van der Waals surface area contributed by atoms with Crippen LogP contribution in [0.25, 0.3) is 5.76 Å². The SMILES string of the molecule is CCOc1ccc(/C(O)=C2/C(=O)C(=O)N(CCCN(CC)CC)C2c2ccc(C(=O)OC)cc2)cc1Cl. The van der Waals surface area contributed by atoms with Gasteiger partial charge >= 0.3 is 5.97 Å². The highest BCUT2D eigenvalue weighted by molar-refractivity contribution is 6.46. The van der Waals surface area contributed by atoms with E-state index in [0.717, 1.165) is 19.6 Å². The molecule has 0 radical (unpaired) electrons. The number of Topliss-reactive ketones (excluding diaryl/α,β-unsaturated/α-hetero) is 1. The summed E-state index contributed by atoms with van der Waals surface area (Å²) in [6, 6.07) is 10.4. The van der Waals surface area contributed by atoms with Crippen LogP contribution in [-0.4, -0.2) is 72.5 Å². The maximum absolute atomic E-state index is 13.2. The fourth-order valence-electron chi connectivity index (χ4n) is 4.46. The molecular weight excluding hydrogens is 496 g/mol. The van der Waals surface area contributed by atoms with Crippen LogP contribution in [0.5, 0.6) is 5.75 Å². The molecule has 2 aromatic rings. The topological polar surface area (TPSA) is 96.4 Å². The number of carbonyl (C=O) groups excluding carboxylic acids is 3. The number of amides is 1. The van der Waals surface area contributed by atoms with Gasteiger partial charge in [-0.3, -0.25) is 9.59 Å². The molecule has 1 N–H and O–H groups in total. The van der Waals surface area contributed by atoms with Gasteiger partial charge in [-0.1, -0.05) is 37.6 Å². The van der Waals surface area contributed by atoms with Gasteiger partial charge in [0.05, 0.1) is 35.9 Å². The molecule has 1 atom stereocenters. The first kappa shape index (κ1) is 28.2. The Hall–Kier alpha value is -3.36. The minimum atomic E-state index is -0.825. The molecule has 1 fully saturated rings. The van der Waals surface area contributed by atoms with Crippen molar-refractivity contribution in [3.8, 4) is 5.75 Å². The lowest BCUT2D eigenvalue weighted by Crippen LogP contribution is -2.33. The molecule has 0 aromatic heterocycles. The average molecular weight is 529 g/mol. The van der Waals surface area contributed by atoms with Crippen LogP contribution in [0.2, 0.25) is 5.02 Å². The number of methoxy groups -OCH3 is 1. The molecule has 3 rings (SSSR count). The Morgan fingerprint density at radius 3 is 2.27 bits per heavy atom. The summed E-state index contributed by atoms with van der Waals surface area (Å²) in [6.07, 6.45) is 0.653. The summed E-state index contributed by atoms with van der Waals surface area (Å²) in [6.45, 7) is 9.24. The number of hydrogen-bond acceptors (Lipinski definition) is 7. The van der Waals surface area contributed by atoms with Gasteiger partial charge in [0.1, 0.15) is 11.5 Å². The Morgan fingerprint density at radius 2 is 1.70 bits per heavy atom. The quantitative estimate of drug-likeness (QED) is 0.196. The van der Waals surface area contributed by atoms with E-state index in [1.54, 1.807) is 36.4 Å². The summed E-state index contributed by atoms with van der Waals surface area (Å²) in [4.78, 5) is 42.1. The molecule has 1 aliphatic heterocycles. The first-order valence-electron chi connectivity index (χ1n) is 12.4. The van der Waals surface area contributed by atoms with Crippen LogP contribution in [0.15, 0.2) is 48.0 Å². The molecular formula is C28H33ClN2O6. The summed E-state index contributed by atoms with van der Waals surface area (Å²) >= 11 is 6.32. The van der Waals surface area contributed by atoms with Crippen LogP contribution < -0.4 is 4.74 Å². The monoisotopic (exact) mass is 528 g/mol. The average Bonchev–Trinajstić information content (AvgIpc) is 3.16. The Kier molecular flexibility index (Phi) is 9.72. The molecule has 0 saturated carbocycles. The highest BCUT2D eigenvalue weighted by Gasteiger charge is 2.45. The second kappa shape index (κ2) is 12.7. The third kappa shape index (κ3) is 6.14. The maximum atomic E-state index is 13.2. The van der Waals surface area contributed by atoms with Gasteiger partial charge in [-0.15, -0.1) is 0 Å². The minimum Gasteiger partial charge on any atom is -0.507 e. The van der Waals surface area contributed by atoms with Crippen LogP contribution in [0.4, 0.5) is 0 Å². The summed E-state index contributed by atoms with van der Waals surface area (Å²) in [5.74, 6) is -1.82. The number of carbonyl (C=O) groups is 3. The van der Waals surface area contributed by atoms with Crippen molar-refractivity contribution in [2.45, 2.75) is 33.2 Å². The van der Waals surface area contributed by atoms with Crippen LogP contribution >= 0.6 is 11.6 Å². The minimum absolute atomic E-state index is 0.0288. The van der Waals surface area contributed by atoms with Gasteiger partial charge < -0.3 is 24.4 Å². The molecule has 1 aliphatic rings. The largest absolute Gasteiger partial charge is 0.507 e. The second-order valence-electron chi connectivity index (χ2n) is 8.56. The van der Waals surface area contributed by atoms with Gasteiger partial charge in [-0.25, -0.2) is 4.79 Å². The lowest BCUT2D eigenvalue weighted by atomic mass is 9.94. The normalized spacial score (nSPS) is 16.9. The Balaban J connectivity index is 2.06. The summed E-state index contributed by atoms with van der Waals surface area (Å²) in [7, 11) is 1.29. The number of ether oxygens (including phenoxy) is 2. The van der Waals surface area contributed by atoms with Gasteiger partial charge in [0, 0.05) is 12.1 Å². The number of benzene rings is 2. The van der Waals surface area contributed by atoms with E-state index in [1.165, 1.54) is 18.1 Å². The molecule has 1 unspecified atom stereocenters. The number of rotatable bonds is 11. The Bertz CT molecular complexity index is 1170. The lowest BCUT2D eigenvalue weighted by Gasteiger charge is -2.27. The summed E-state index contributed by atoms with van der Waals surface area (Å²) < 4.78 is 10.2. The van der Waals surface area contributed by atoms with Gasteiger partial charge in [0.2, 0.25) is 0 Å². The fourth-order valence-corrected chi connectivity index (χ4v) is 4.69. The smallest absolute Gasteiger partial charge is 0.337 e. The third-order valence-corrected chi connectivity index (χ3v) is 6.76. The van der Waals surface area contributed by atoms with E-state index in [-0.39, 0.29) is 16.4 Å². The van der Waals surface area contributed by atoms with E-state index in [4.69, 9.17) is 21.1 Å². The maximum Gasteiger partial charge on any atom is 0.337 e. The highest BCUT2D eigenvalue weighted by atomic mass is 35.5.